The fourth-order valence-corrected chi connectivity index (χ4v) is 0. The third-order valence-electron chi connectivity index (χ3n) is 0. The van der Waals surface area contributed by atoms with Gasteiger partial charge in [-0.15, -0.1) is 0 Å². The molecule has 4 radical (unpaired) electrons. The third-order valence-corrected chi connectivity index (χ3v) is 0. The number of hydrogen-bond acceptors (Lipinski definition) is 0. The minimum absolute atomic E-state index is 0. The van der Waals surface area contributed by atoms with Crippen LogP contribution in [0.25, 0.3) is 0 Å². The van der Waals surface area contributed by atoms with Crippen LogP contribution in [0.1, 0.15) is 0 Å². The van der Waals surface area contributed by atoms with Crippen LogP contribution < -0.4 is 0 Å². The Bertz CT molecular complexity index is 8.00. The van der Waals surface area contributed by atoms with Crippen molar-refractivity contribution in [3.05, 3.63) is 0 Å². The minimum Gasteiger partial charge on any atom is -0.0149 e. The summed E-state index contributed by atoms with van der Waals surface area (Å²) >= 11 is 0. The maximum absolute atomic E-state index is 0. The molecule has 0 saturated carbocycles. The van der Waals surface area contributed by atoms with Crippen molar-refractivity contribution >= 4 is 28.3 Å². The summed E-state index contributed by atoms with van der Waals surface area (Å²) in [5.74, 6) is 0. The first-order valence-electron chi connectivity index (χ1n) is 0. The largest absolute Gasteiger partial charge is 0.0149 e. The Kier molecular flexibility index (Phi) is 226. The van der Waals surface area contributed by atoms with Gasteiger partial charge in [-0.05, 0) is 11.0 Å². The van der Waals surface area contributed by atoms with E-state index in [9.17, 15) is 0 Å². The number of hydrogen-bond donors (Lipinski definition) is 0. The van der Waals surface area contributed by atoms with Gasteiger partial charge < -0.3 is 0 Å². The van der Waals surface area contributed by atoms with Crippen molar-refractivity contribution in [2.75, 3.05) is 0 Å². The van der Waals surface area contributed by atoms with Crippen molar-refractivity contribution in [2.24, 2.45) is 0 Å². The molecule has 28 valence electrons. The van der Waals surface area contributed by atoms with E-state index in [0.29, 0.717) is 0 Å². The van der Waals surface area contributed by atoms with Crippen LogP contribution in [0.4, 0.5) is 0 Å². The molecule has 0 bridgehead atoms. The van der Waals surface area contributed by atoms with Crippen molar-refractivity contribution < 1.29 is 33.8 Å². The van der Waals surface area contributed by atoms with E-state index in [-0.39, 0.29) is 62.2 Å². The van der Waals surface area contributed by atoms with Gasteiger partial charge in [-0.25, -0.2) is 0 Å². The topological polar surface area (TPSA) is 0 Å². The Morgan fingerprint density at radius 1 is 1.00 bits per heavy atom. The van der Waals surface area contributed by atoms with Crippen molar-refractivity contribution in [3.8, 4) is 0 Å². The van der Waals surface area contributed by atoms with E-state index >= 15 is 0 Å². The normalized spacial score (nSPS) is 0. The summed E-state index contributed by atoms with van der Waals surface area (Å²) in [6, 6.07) is 0. The molecule has 0 aliphatic rings. The zero-order chi connectivity index (χ0) is 0. The summed E-state index contributed by atoms with van der Waals surface area (Å²) in [6.45, 7) is 0. The quantitative estimate of drug-likeness (QED) is 0.378. The van der Waals surface area contributed by atoms with E-state index in [2.05, 4.69) is 0 Å². The Labute approximate surface area is 61.9 Å². The first-order valence-corrected chi connectivity index (χ1v) is 0. The number of rotatable bonds is 0. The van der Waals surface area contributed by atoms with Crippen LogP contribution in [0.3, 0.4) is 0 Å². The van der Waals surface area contributed by atoms with Crippen LogP contribution in [0.5, 0.6) is 0 Å². The van der Waals surface area contributed by atoms with Crippen LogP contribution >= 0.6 is 0 Å². The molecular weight excluding hydrogens is 170 g/mol. The van der Waals surface area contributed by atoms with Gasteiger partial charge in [-0.3, -0.25) is 0 Å². The van der Waals surface area contributed by atoms with E-state index in [1.165, 1.54) is 0 Å². The van der Waals surface area contributed by atoms with E-state index < -0.39 is 0 Å². The van der Waals surface area contributed by atoms with Gasteiger partial charge in [0.15, 0.2) is 0 Å². The van der Waals surface area contributed by atoms with Gasteiger partial charge in [0.2, 0.25) is 0 Å². The predicted molar refractivity (Wildman–Crippen MR) is 17.1 cm³/mol. The fraction of sp³-hybridized carbons (Fsp3) is 0. The van der Waals surface area contributed by atoms with E-state index in [0.717, 1.165) is 0 Å². The molecule has 0 aromatic carbocycles. The monoisotopic (exact) mass is 174 g/mol. The van der Waals surface area contributed by atoms with Gasteiger partial charge in [0.1, 0.15) is 0 Å². The summed E-state index contributed by atoms with van der Waals surface area (Å²) in [7, 11) is 0. The van der Waals surface area contributed by atoms with Gasteiger partial charge in [0, 0.05) is 51.2 Å². The van der Waals surface area contributed by atoms with Crippen molar-refractivity contribution in [1.29, 1.82) is 0 Å². The van der Waals surface area contributed by atoms with E-state index in [1.54, 1.807) is 0 Å². The molecular formula is H4AlCoFeSi. The second-order valence-corrected chi connectivity index (χ2v) is 0. The van der Waals surface area contributed by atoms with Gasteiger partial charge in [0.25, 0.3) is 0 Å². The second-order valence-electron chi connectivity index (χ2n) is 0. The molecule has 0 atom stereocenters. The first kappa shape index (κ1) is 41.8. The zero-order valence-electron chi connectivity index (χ0n) is 1.26. The summed E-state index contributed by atoms with van der Waals surface area (Å²) < 4.78 is 0. The Balaban J connectivity index is 0. The van der Waals surface area contributed by atoms with Gasteiger partial charge in [-0.2, -0.15) is 0 Å². The summed E-state index contributed by atoms with van der Waals surface area (Å²) in [5, 5.41) is 0. The molecule has 0 aromatic heterocycles. The Morgan fingerprint density at radius 3 is 1.00 bits per heavy atom. The molecule has 4 heavy (non-hydrogen) atoms. The van der Waals surface area contributed by atoms with Crippen LogP contribution in [0, 0.1) is 0 Å². The molecule has 0 aliphatic heterocycles. The zero-order valence-corrected chi connectivity index (χ0v) is 4.56. The fourth-order valence-electron chi connectivity index (χ4n) is 0. The minimum atomic E-state index is 0. The summed E-state index contributed by atoms with van der Waals surface area (Å²) in [6.07, 6.45) is 0. The molecule has 0 aromatic rings. The maximum atomic E-state index is 0. The standard InChI is InChI=1S/Al.Co.Fe.H4Si/h;;;1H4. The first-order chi connectivity index (χ1) is 0. The van der Waals surface area contributed by atoms with Gasteiger partial charge in [0.05, 0.1) is 0 Å². The molecule has 0 nitrogen and oxygen atoms in total. The molecule has 0 spiro atoms. The second kappa shape index (κ2) is 21.6. The molecule has 4 heteroatoms. The molecule has 0 N–H and O–H groups in total. The molecule has 0 fully saturated rings. The van der Waals surface area contributed by atoms with Crippen LogP contribution in [-0.2, 0) is 33.8 Å². The van der Waals surface area contributed by atoms with E-state index in [1.807, 2.05) is 0 Å². The molecule has 0 aliphatic carbocycles. The van der Waals surface area contributed by atoms with Crippen molar-refractivity contribution in [3.63, 3.8) is 0 Å². The van der Waals surface area contributed by atoms with Gasteiger partial charge in [-0.1, -0.05) is 0 Å². The van der Waals surface area contributed by atoms with Crippen molar-refractivity contribution in [2.45, 2.75) is 0 Å². The summed E-state index contributed by atoms with van der Waals surface area (Å²) in [4.78, 5) is 0. The molecule has 0 saturated heterocycles. The SMILES string of the molecule is [Al].[Co].[Fe].[SiH4]. The predicted octanol–water partition coefficient (Wildman–Crippen LogP) is -1.84. The van der Waals surface area contributed by atoms with Crippen molar-refractivity contribution in [1.82, 2.24) is 0 Å². The van der Waals surface area contributed by atoms with Crippen LogP contribution in [0.2, 0.25) is 0 Å². The van der Waals surface area contributed by atoms with Crippen LogP contribution in [-0.4, -0.2) is 28.3 Å². The van der Waals surface area contributed by atoms with Crippen LogP contribution in [0.15, 0.2) is 0 Å². The average molecular weight is 174 g/mol. The Morgan fingerprint density at radius 2 is 1.00 bits per heavy atom. The average Bonchev–Trinajstić information content (AvgIpc) is 0. The third kappa shape index (κ3) is 9.23. The summed E-state index contributed by atoms with van der Waals surface area (Å²) in [5.41, 5.74) is 0. The van der Waals surface area contributed by atoms with E-state index in [4.69, 9.17) is 0 Å². The van der Waals surface area contributed by atoms with Gasteiger partial charge >= 0.3 is 0 Å². The molecule has 0 rings (SSSR count). The smallest absolute Gasteiger partial charge is 0 e. The maximum Gasteiger partial charge on any atom is 0 e. The Hall–Kier alpha value is 1.78. The molecule has 0 amide bonds. The molecule has 0 unspecified atom stereocenters. The molecule has 0 heterocycles.